The first-order chi connectivity index (χ1) is 13.2. The number of hydrogen-bond donors (Lipinski definition) is 1. The summed E-state index contributed by atoms with van der Waals surface area (Å²) < 4.78 is 0. The van der Waals surface area contributed by atoms with Crippen LogP contribution in [0.1, 0.15) is 35.1 Å². The highest BCUT2D eigenvalue weighted by Gasteiger charge is 2.35. The molecule has 2 fully saturated rings. The minimum absolute atomic E-state index is 0.0941. The van der Waals surface area contributed by atoms with Crippen LogP contribution in [0.3, 0.4) is 0 Å². The number of piperazine rings is 1. The van der Waals surface area contributed by atoms with E-state index in [4.69, 9.17) is 0 Å². The molecule has 2 aromatic heterocycles. The van der Waals surface area contributed by atoms with Crippen LogP contribution in [0.25, 0.3) is 0 Å². The molecule has 0 radical (unpaired) electrons. The van der Waals surface area contributed by atoms with Gasteiger partial charge in [0.1, 0.15) is 12.4 Å². The van der Waals surface area contributed by atoms with Crippen LogP contribution in [-0.2, 0) is 4.79 Å². The summed E-state index contributed by atoms with van der Waals surface area (Å²) in [6.45, 7) is 3.87. The van der Waals surface area contributed by atoms with Gasteiger partial charge < -0.3 is 9.80 Å². The Morgan fingerprint density at radius 1 is 1.04 bits per heavy atom. The van der Waals surface area contributed by atoms with E-state index in [9.17, 15) is 9.59 Å². The van der Waals surface area contributed by atoms with Crippen molar-refractivity contribution in [3.63, 3.8) is 0 Å². The number of carbonyl (C=O) groups is 2. The van der Waals surface area contributed by atoms with Gasteiger partial charge in [0.05, 0.1) is 0 Å². The Bertz CT molecular complexity index is 766. The molecule has 0 spiro atoms. The zero-order valence-electron chi connectivity index (χ0n) is 15.1. The molecule has 0 aromatic carbocycles. The quantitative estimate of drug-likeness (QED) is 0.834. The molecule has 2 saturated heterocycles. The van der Waals surface area contributed by atoms with E-state index in [1.165, 1.54) is 6.33 Å². The third-order valence-electron chi connectivity index (χ3n) is 5.24. The van der Waals surface area contributed by atoms with Gasteiger partial charge in [0.2, 0.25) is 11.7 Å². The normalized spacial score (nSPS) is 19.3. The maximum absolute atomic E-state index is 13.3. The van der Waals surface area contributed by atoms with Crippen LogP contribution in [0.15, 0.2) is 30.9 Å². The summed E-state index contributed by atoms with van der Waals surface area (Å²) in [4.78, 5) is 39.6. The van der Waals surface area contributed by atoms with Gasteiger partial charge in [-0.2, -0.15) is 5.10 Å². The van der Waals surface area contributed by atoms with Crippen LogP contribution in [0, 0.1) is 0 Å². The zero-order valence-corrected chi connectivity index (χ0v) is 15.1. The number of aromatic nitrogens is 4. The summed E-state index contributed by atoms with van der Waals surface area (Å²) in [7, 11) is 0. The summed E-state index contributed by atoms with van der Waals surface area (Å²) in [5.74, 6) is 0.152. The highest BCUT2D eigenvalue weighted by Crippen LogP contribution is 2.27. The van der Waals surface area contributed by atoms with Gasteiger partial charge in [0.15, 0.2) is 0 Å². The molecule has 9 nitrogen and oxygen atoms in total. The topological polar surface area (TPSA) is 98.3 Å². The molecular weight excluding hydrogens is 346 g/mol. The molecule has 2 aliphatic heterocycles. The number of hydrogen-bond acceptors (Lipinski definition) is 6. The lowest BCUT2D eigenvalue weighted by Crippen LogP contribution is -2.53. The number of H-pyrrole nitrogens is 1. The number of rotatable bonds is 4. The lowest BCUT2D eigenvalue weighted by Gasteiger charge is -2.38. The molecule has 1 atom stereocenters. The molecule has 2 amide bonds. The molecule has 0 aliphatic carbocycles. The van der Waals surface area contributed by atoms with Gasteiger partial charge in [-0.3, -0.25) is 24.6 Å². The molecule has 4 rings (SSSR count). The Kier molecular flexibility index (Phi) is 5.10. The summed E-state index contributed by atoms with van der Waals surface area (Å²) in [5.41, 5.74) is 0.935. The van der Waals surface area contributed by atoms with Crippen molar-refractivity contribution in [2.24, 2.45) is 0 Å². The molecule has 0 unspecified atom stereocenters. The van der Waals surface area contributed by atoms with Crippen molar-refractivity contribution < 1.29 is 9.59 Å². The Morgan fingerprint density at radius 3 is 2.41 bits per heavy atom. The standard InChI is InChI=1S/C18H23N7O2/c26-17(15(23-6-1-2-7-23)14-4-3-5-19-12-14)24-8-10-25(11-9-24)18(27)16-20-13-21-22-16/h3-5,12-13,15H,1-2,6-11H2,(H,20,21,22)/t15-/m0/s1. The number of pyridine rings is 1. The smallest absolute Gasteiger partial charge is 0.291 e. The fourth-order valence-corrected chi connectivity index (χ4v) is 3.81. The van der Waals surface area contributed by atoms with Gasteiger partial charge in [-0.05, 0) is 37.6 Å². The van der Waals surface area contributed by atoms with Crippen LogP contribution >= 0.6 is 0 Å². The van der Waals surface area contributed by atoms with E-state index in [2.05, 4.69) is 25.1 Å². The Morgan fingerprint density at radius 2 is 1.78 bits per heavy atom. The molecule has 1 N–H and O–H groups in total. The molecular formula is C18H23N7O2. The highest BCUT2D eigenvalue weighted by atomic mass is 16.2. The molecule has 142 valence electrons. The molecule has 4 heterocycles. The van der Waals surface area contributed by atoms with E-state index in [1.807, 2.05) is 17.0 Å². The number of amides is 2. The summed E-state index contributed by atoms with van der Waals surface area (Å²) >= 11 is 0. The van der Waals surface area contributed by atoms with E-state index in [0.717, 1.165) is 31.5 Å². The SMILES string of the molecule is O=C(c1ncn[nH]1)N1CCN(C(=O)[C@H](c2cccnc2)N2CCCC2)CC1. The minimum atomic E-state index is -0.294. The molecule has 2 aliphatic rings. The van der Waals surface area contributed by atoms with Crippen LogP contribution in [0.2, 0.25) is 0 Å². The maximum atomic E-state index is 13.3. The van der Waals surface area contributed by atoms with E-state index < -0.39 is 0 Å². The third-order valence-corrected chi connectivity index (χ3v) is 5.24. The fraction of sp³-hybridized carbons (Fsp3) is 0.500. The zero-order chi connectivity index (χ0) is 18.6. The number of carbonyl (C=O) groups excluding carboxylic acids is 2. The number of aromatic amines is 1. The predicted octanol–water partition coefficient (Wildman–Crippen LogP) is 0.321. The highest BCUT2D eigenvalue weighted by molar-refractivity contribution is 5.90. The van der Waals surface area contributed by atoms with E-state index in [1.54, 1.807) is 17.3 Å². The lowest BCUT2D eigenvalue weighted by atomic mass is 10.1. The van der Waals surface area contributed by atoms with Crippen LogP contribution in [0.4, 0.5) is 0 Å². The first-order valence-corrected chi connectivity index (χ1v) is 9.31. The lowest BCUT2D eigenvalue weighted by molar-refractivity contribution is -0.138. The third kappa shape index (κ3) is 3.68. The van der Waals surface area contributed by atoms with Crippen LogP contribution < -0.4 is 0 Å². The van der Waals surface area contributed by atoms with Crippen molar-refractivity contribution in [2.75, 3.05) is 39.3 Å². The first kappa shape index (κ1) is 17.6. The Hall–Kier alpha value is -2.81. The van der Waals surface area contributed by atoms with Crippen LogP contribution in [0.5, 0.6) is 0 Å². The molecule has 0 bridgehead atoms. The van der Waals surface area contributed by atoms with Crippen molar-refractivity contribution in [3.05, 3.63) is 42.2 Å². The van der Waals surface area contributed by atoms with Crippen molar-refractivity contribution in [2.45, 2.75) is 18.9 Å². The largest absolute Gasteiger partial charge is 0.337 e. The summed E-state index contributed by atoms with van der Waals surface area (Å²) in [6.07, 6.45) is 7.06. The first-order valence-electron chi connectivity index (χ1n) is 9.31. The van der Waals surface area contributed by atoms with Gasteiger partial charge in [-0.15, -0.1) is 0 Å². The van der Waals surface area contributed by atoms with E-state index in [-0.39, 0.29) is 23.7 Å². The fourth-order valence-electron chi connectivity index (χ4n) is 3.81. The second kappa shape index (κ2) is 7.83. The number of nitrogens with one attached hydrogen (secondary N) is 1. The number of nitrogens with zero attached hydrogens (tertiary/aromatic N) is 6. The van der Waals surface area contributed by atoms with Crippen molar-refractivity contribution >= 4 is 11.8 Å². The van der Waals surface area contributed by atoms with E-state index in [0.29, 0.717) is 26.2 Å². The second-order valence-corrected chi connectivity index (χ2v) is 6.88. The minimum Gasteiger partial charge on any atom is -0.337 e. The van der Waals surface area contributed by atoms with Gasteiger partial charge in [0.25, 0.3) is 5.91 Å². The van der Waals surface area contributed by atoms with Crippen molar-refractivity contribution in [3.8, 4) is 0 Å². The molecule has 9 heteroatoms. The summed E-state index contributed by atoms with van der Waals surface area (Å²) in [5, 5.41) is 6.32. The van der Waals surface area contributed by atoms with Gasteiger partial charge in [0, 0.05) is 38.6 Å². The Labute approximate surface area is 157 Å². The Balaban J connectivity index is 1.44. The average molecular weight is 369 g/mol. The molecule has 2 aromatic rings. The van der Waals surface area contributed by atoms with E-state index >= 15 is 0 Å². The van der Waals surface area contributed by atoms with Crippen molar-refractivity contribution in [1.82, 2.24) is 34.9 Å². The average Bonchev–Trinajstić information content (AvgIpc) is 3.43. The molecule has 0 saturated carbocycles. The van der Waals surface area contributed by atoms with Crippen LogP contribution in [-0.4, -0.2) is 85.9 Å². The second-order valence-electron chi connectivity index (χ2n) is 6.88. The molecule has 27 heavy (non-hydrogen) atoms. The maximum Gasteiger partial charge on any atom is 0.291 e. The van der Waals surface area contributed by atoms with Gasteiger partial charge in [-0.1, -0.05) is 6.07 Å². The monoisotopic (exact) mass is 369 g/mol. The van der Waals surface area contributed by atoms with Gasteiger partial charge >= 0.3 is 0 Å². The summed E-state index contributed by atoms with van der Waals surface area (Å²) in [6, 6.07) is 3.55. The van der Waals surface area contributed by atoms with Crippen molar-refractivity contribution in [1.29, 1.82) is 0 Å². The van der Waals surface area contributed by atoms with Gasteiger partial charge in [-0.25, -0.2) is 4.98 Å². The number of likely N-dealkylation sites (tertiary alicyclic amines) is 1. The predicted molar refractivity (Wildman–Crippen MR) is 96.7 cm³/mol.